The summed E-state index contributed by atoms with van der Waals surface area (Å²) < 4.78 is 25.9. The Balaban J connectivity index is 2.58. The molecule has 10 nitrogen and oxygen atoms in total. The van der Waals surface area contributed by atoms with Crippen LogP contribution in [-0.4, -0.2) is 64.1 Å². The highest BCUT2D eigenvalue weighted by Crippen LogP contribution is 2.32. The molecule has 0 aromatic heterocycles. The van der Waals surface area contributed by atoms with Crippen LogP contribution in [0.4, 0.5) is 0 Å². The molecule has 1 saturated heterocycles. The average Bonchev–Trinajstić information content (AvgIpc) is 2.88. The third-order valence-corrected chi connectivity index (χ3v) is 5.67. The van der Waals surface area contributed by atoms with Crippen molar-refractivity contribution < 1.29 is 38.1 Å². The summed E-state index contributed by atoms with van der Waals surface area (Å²) in [5.74, 6) is -4.63. The molecule has 0 amide bonds. The van der Waals surface area contributed by atoms with Gasteiger partial charge in [0.2, 0.25) is 10.0 Å². The number of aliphatic carboxylic acids is 2. The van der Waals surface area contributed by atoms with Gasteiger partial charge in [0.05, 0.1) is 10.5 Å². The number of carboxylic acids is 3. The lowest BCUT2D eigenvalue weighted by molar-refractivity contribution is -0.142. The zero-order chi connectivity index (χ0) is 18.3. The Kier molecular flexibility index (Phi) is 4.35. The van der Waals surface area contributed by atoms with Crippen molar-refractivity contribution in [3.05, 3.63) is 29.8 Å². The number of nitrogens with zero attached hydrogens (tertiary/aromatic N) is 1. The molecule has 0 saturated carbocycles. The Hall–Kier alpha value is -2.50. The lowest BCUT2D eigenvalue weighted by Gasteiger charge is -2.22. The molecule has 1 heterocycles. The highest BCUT2D eigenvalue weighted by atomic mass is 32.2. The van der Waals surface area contributed by atoms with Crippen molar-refractivity contribution in [1.29, 1.82) is 0 Å². The second-order valence-corrected chi connectivity index (χ2v) is 7.23. The number of nitrogens with two attached hydrogens (primary N) is 1. The largest absolute Gasteiger partial charge is 0.480 e. The monoisotopic (exact) mass is 358 g/mol. The van der Waals surface area contributed by atoms with Gasteiger partial charge in [-0.1, -0.05) is 12.1 Å². The van der Waals surface area contributed by atoms with E-state index in [4.69, 9.17) is 15.9 Å². The summed E-state index contributed by atoms with van der Waals surface area (Å²) in [7, 11) is -4.58. The number of carboxylic acid groups (broad SMARTS) is 3. The second-order valence-electron chi connectivity index (χ2n) is 5.37. The van der Waals surface area contributed by atoms with Crippen LogP contribution in [0.3, 0.4) is 0 Å². The lowest BCUT2D eigenvalue weighted by atomic mass is 9.98. The summed E-state index contributed by atoms with van der Waals surface area (Å²) in [4.78, 5) is 33.2. The normalized spacial score (nSPS) is 24.6. The summed E-state index contributed by atoms with van der Waals surface area (Å²) in [6.07, 6.45) is -0.633. The lowest BCUT2D eigenvalue weighted by Crippen LogP contribution is -2.50. The summed E-state index contributed by atoms with van der Waals surface area (Å²) in [6.45, 7) is -0.782. The molecular formula is C13H14N2O8S. The van der Waals surface area contributed by atoms with Gasteiger partial charge in [-0.25, -0.2) is 13.2 Å². The van der Waals surface area contributed by atoms with Crippen LogP contribution in [0.15, 0.2) is 29.2 Å². The van der Waals surface area contributed by atoms with Gasteiger partial charge in [-0.15, -0.1) is 0 Å². The van der Waals surface area contributed by atoms with Crippen molar-refractivity contribution in [2.24, 2.45) is 5.73 Å². The van der Waals surface area contributed by atoms with Crippen LogP contribution in [0, 0.1) is 0 Å². The molecule has 1 aliphatic heterocycles. The van der Waals surface area contributed by atoms with Crippen LogP contribution in [0.25, 0.3) is 0 Å². The van der Waals surface area contributed by atoms with Crippen molar-refractivity contribution >= 4 is 27.9 Å². The molecule has 0 bridgehead atoms. The number of hydrogen-bond donors (Lipinski definition) is 4. The van der Waals surface area contributed by atoms with E-state index in [-0.39, 0.29) is 0 Å². The van der Waals surface area contributed by atoms with Crippen LogP contribution in [0.1, 0.15) is 16.8 Å². The number of rotatable bonds is 5. The Morgan fingerprint density at radius 1 is 1.17 bits per heavy atom. The highest BCUT2D eigenvalue weighted by molar-refractivity contribution is 7.89. The van der Waals surface area contributed by atoms with Crippen molar-refractivity contribution in [1.82, 2.24) is 4.31 Å². The Morgan fingerprint density at radius 3 is 2.25 bits per heavy atom. The maximum Gasteiger partial charge on any atom is 0.337 e. The standard InChI is InChI=1S/C13H14N2O8S/c14-13(12(20)21)5-8(11(18)19)15(6-13)24(22,23)9-4-2-1-3-7(9)10(16)17/h1-4,8H,5-6,14H2,(H,16,17)(H,18,19)(H,20,21)/t8-,13-/m1/s1. The SMILES string of the molecule is N[C@]1(C(=O)O)C[C@H](C(=O)O)N(S(=O)(=O)c2ccccc2C(=O)O)C1. The van der Waals surface area contributed by atoms with E-state index in [1.165, 1.54) is 12.1 Å². The van der Waals surface area contributed by atoms with Crippen LogP contribution < -0.4 is 5.73 Å². The van der Waals surface area contributed by atoms with Crippen LogP contribution in [-0.2, 0) is 19.6 Å². The maximum atomic E-state index is 12.7. The first kappa shape index (κ1) is 17.8. The second kappa shape index (κ2) is 5.85. The van der Waals surface area contributed by atoms with E-state index in [2.05, 4.69) is 0 Å². The van der Waals surface area contributed by atoms with Gasteiger partial charge in [0.15, 0.2) is 0 Å². The molecule has 5 N–H and O–H groups in total. The van der Waals surface area contributed by atoms with E-state index in [0.29, 0.717) is 4.31 Å². The maximum absolute atomic E-state index is 12.7. The number of benzene rings is 1. The summed E-state index contributed by atoms with van der Waals surface area (Å²) in [5.41, 5.74) is 2.98. The molecule has 24 heavy (non-hydrogen) atoms. The molecule has 1 aromatic rings. The number of carbonyl (C=O) groups is 3. The quantitative estimate of drug-likeness (QED) is 0.515. The fourth-order valence-corrected chi connectivity index (χ4v) is 4.35. The molecule has 0 spiro atoms. The van der Waals surface area contributed by atoms with Gasteiger partial charge in [-0.3, -0.25) is 9.59 Å². The molecule has 1 aliphatic rings. The van der Waals surface area contributed by atoms with Crippen LogP contribution in [0.5, 0.6) is 0 Å². The van der Waals surface area contributed by atoms with Gasteiger partial charge < -0.3 is 21.1 Å². The van der Waals surface area contributed by atoms with Crippen LogP contribution in [0.2, 0.25) is 0 Å². The minimum Gasteiger partial charge on any atom is -0.480 e. The predicted molar refractivity (Wildman–Crippen MR) is 77.9 cm³/mol. The molecule has 0 unspecified atom stereocenters. The molecule has 0 aliphatic carbocycles. The first-order chi connectivity index (χ1) is 11.0. The van der Waals surface area contributed by atoms with Gasteiger partial charge in [0, 0.05) is 13.0 Å². The van der Waals surface area contributed by atoms with Gasteiger partial charge >= 0.3 is 17.9 Å². The number of aromatic carboxylic acids is 1. The number of hydrogen-bond acceptors (Lipinski definition) is 6. The Labute approximate surface area is 136 Å². The van der Waals surface area contributed by atoms with E-state index in [1.807, 2.05) is 0 Å². The molecule has 11 heteroatoms. The summed E-state index contributed by atoms with van der Waals surface area (Å²) >= 11 is 0. The fraction of sp³-hybridized carbons (Fsp3) is 0.308. The molecule has 0 radical (unpaired) electrons. The molecule has 1 aromatic carbocycles. The first-order valence-electron chi connectivity index (χ1n) is 6.60. The van der Waals surface area contributed by atoms with Gasteiger partial charge in [-0.2, -0.15) is 4.31 Å². The summed E-state index contributed by atoms with van der Waals surface area (Å²) in [5, 5.41) is 27.5. The molecular weight excluding hydrogens is 344 g/mol. The van der Waals surface area contributed by atoms with Crippen molar-refractivity contribution in [2.75, 3.05) is 6.54 Å². The molecule has 1 fully saturated rings. The Morgan fingerprint density at radius 2 is 1.75 bits per heavy atom. The number of sulfonamides is 1. The third-order valence-electron chi connectivity index (χ3n) is 3.76. The molecule has 130 valence electrons. The van der Waals surface area contributed by atoms with Crippen molar-refractivity contribution in [3.63, 3.8) is 0 Å². The van der Waals surface area contributed by atoms with E-state index in [0.717, 1.165) is 12.1 Å². The topological polar surface area (TPSA) is 175 Å². The van der Waals surface area contributed by atoms with Gasteiger partial charge in [0.1, 0.15) is 11.6 Å². The van der Waals surface area contributed by atoms with E-state index < -0.39 is 62.9 Å². The Bertz CT molecular complexity index is 821. The predicted octanol–water partition coefficient (Wildman–Crippen LogP) is -0.985. The van der Waals surface area contributed by atoms with E-state index >= 15 is 0 Å². The highest BCUT2D eigenvalue weighted by Gasteiger charge is 2.54. The van der Waals surface area contributed by atoms with Crippen LogP contribution >= 0.6 is 0 Å². The summed E-state index contributed by atoms with van der Waals surface area (Å²) in [6, 6.07) is 2.94. The molecule has 2 atom stereocenters. The van der Waals surface area contributed by atoms with Crippen molar-refractivity contribution in [3.8, 4) is 0 Å². The average molecular weight is 358 g/mol. The third kappa shape index (κ3) is 2.84. The first-order valence-corrected chi connectivity index (χ1v) is 8.04. The minimum absolute atomic E-state index is 0.422. The smallest absolute Gasteiger partial charge is 0.337 e. The van der Waals surface area contributed by atoms with Gasteiger partial charge in [-0.05, 0) is 12.1 Å². The zero-order valence-corrected chi connectivity index (χ0v) is 12.9. The van der Waals surface area contributed by atoms with E-state index in [9.17, 15) is 27.9 Å². The zero-order valence-electron chi connectivity index (χ0n) is 12.1. The van der Waals surface area contributed by atoms with Crippen molar-refractivity contribution in [2.45, 2.75) is 22.9 Å². The fourth-order valence-electron chi connectivity index (χ4n) is 2.51. The molecule has 2 rings (SSSR count). The van der Waals surface area contributed by atoms with E-state index in [1.54, 1.807) is 0 Å². The minimum atomic E-state index is -4.58. The van der Waals surface area contributed by atoms with Gasteiger partial charge in [0.25, 0.3) is 0 Å².